The zero-order chi connectivity index (χ0) is 21.2. The van der Waals surface area contributed by atoms with Crippen LogP contribution in [0.4, 0.5) is 4.39 Å². The molecule has 0 unspecified atom stereocenters. The summed E-state index contributed by atoms with van der Waals surface area (Å²) in [4.78, 5) is 16.3. The normalized spacial score (nSPS) is 10.7. The molecule has 0 aliphatic rings. The number of rotatable bonds is 9. The number of methoxy groups -OCH3 is 2. The summed E-state index contributed by atoms with van der Waals surface area (Å²) in [5.41, 5.74) is 7.67. The Morgan fingerprint density at radius 1 is 1.07 bits per heavy atom. The standard InChI is InChI=1S/C21H27FN4O3.HI/c1-14-4-6-16(13-17(14)22)20(27)24-10-11-26-21(23)25-9-8-15-5-7-18(28-2)19(12-15)29-3;/h4-7,12-13H,8-11H2,1-3H3,(H,24,27)(H3,23,25,26);1H. The predicted octanol–water partition coefficient (Wildman–Crippen LogP) is 2.65. The number of hydrogen-bond acceptors (Lipinski definition) is 4. The van der Waals surface area contributed by atoms with Crippen LogP contribution in [0.5, 0.6) is 11.5 Å². The molecule has 0 spiro atoms. The number of carbonyl (C=O) groups is 1. The lowest BCUT2D eigenvalue weighted by Crippen LogP contribution is -2.38. The summed E-state index contributed by atoms with van der Waals surface area (Å²) in [5.74, 6) is 0.901. The molecule has 1 amide bonds. The average Bonchev–Trinajstić information content (AvgIpc) is 2.72. The van der Waals surface area contributed by atoms with Crippen molar-refractivity contribution in [1.82, 2.24) is 10.6 Å². The third-order valence-electron chi connectivity index (χ3n) is 4.28. The van der Waals surface area contributed by atoms with E-state index in [4.69, 9.17) is 15.2 Å². The summed E-state index contributed by atoms with van der Waals surface area (Å²) in [7, 11) is 3.19. The molecule has 164 valence electrons. The van der Waals surface area contributed by atoms with Crippen LogP contribution in [0, 0.1) is 12.7 Å². The highest BCUT2D eigenvalue weighted by Gasteiger charge is 2.07. The van der Waals surface area contributed by atoms with Gasteiger partial charge in [-0.2, -0.15) is 0 Å². The molecule has 9 heteroatoms. The first-order chi connectivity index (χ1) is 13.9. The predicted molar refractivity (Wildman–Crippen MR) is 127 cm³/mol. The second kappa shape index (κ2) is 12.9. The minimum Gasteiger partial charge on any atom is -0.493 e. The molecule has 0 aliphatic heterocycles. The van der Waals surface area contributed by atoms with E-state index in [0.29, 0.717) is 49.1 Å². The lowest BCUT2D eigenvalue weighted by molar-refractivity contribution is 0.0954. The molecule has 0 bridgehead atoms. The fraction of sp³-hybridized carbons (Fsp3) is 0.333. The van der Waals surface area contributed by atoms with Crippen LogP contribution in [-0.4, -0.2) is 45.7 Å². The Labute approximate surface area is 193 Å². The van der Waals surface area contributed by atoms with Crippen LogP contribution in [0.3, 0.4) is 0 Å². The van der Waals surface area contributed by atoms with Crippen molar-refractivity contribution in [1.29, 1.82) is 0 Å². The molecule has 0 atom stereocenters. The quantitative estimate of drug-likeness (QED) is 0.201. The first-order valence-electron chi connectivity index (χ1n) is 9.23. The van der Waals surface area contributed by atoms with E-state index in [0.717, 1.165) is 5.56 Å². The van der Waals surface area contributed by atoms with E-state index in [2.05, 4.69) is 15.6 Å². The molecule has 0 aromatic heterocycles. The SMILES string of the molecule is COc1ccc(CCN=C(N)NCCNC(=O)c2ccc(C)c(F)c2)cc1OC.I. The van der Waals surface area contributed by atoms with Gasteiger partial charge in [0.05, 0.1) is 14.2 Å². The van der Waals surface area contributed by atoms with Crippen molar-refractivity contribution < 1.29 is 18.7 Å². The Morgan fingerprint density at radius 3 is 2.43 bits per heavy atom. The van der Waals surface area contributed by atoms with E-state index < -0.39 is 5.82 Å². The van der Waals surface area contributed by atoms with Crippen molar-refractivity contribution in [3.8, 4) is 11.5 Å². The third kappa shape index (κ3) is 7.69. The molecule has 0 fully saturated rings. The topological polar surface area (TPSA) is 98.0 Å². The number of benzene rings is 2. The summed E-state index contributed by atoms with van der Waals surface area (Å²) in [6, 6.07) is 10.1. The molecular formula is C21H28FIN4O3. The van der Waals surface area contributed by atoms with E-state index in [9.17, 15) is 9.18 Å². The van der Waals surface area contributed by atoms with Crippen LogP contribution in [0.25, 0.3) is 0 Å². The molecule has 0 saturated carbocycles. The van der Waals surface area contributed by atoms with Gasteiger partial charge in [-0.25, -0.2) is 4.39 Å². The summed E-state index contributed by atoms with van der Waals surface area (Å²) < 4.78 is 24.0. The van der Waals surface area contributed by atoms with Gasteiger partial charge in [-0.15, -0.1) is 24.0 Å². The second-order valence-corrected chi connectivity index (χ2v) is 6.35. The lowest BCUT2D eigenvalue weighted by atomic mass is 10.1. The molecule has 0 aliphatic carbocycles. The van der Waals surface area contributed by atoms with Crippen LogP contribution in [0.2, 0.25) is 0 Å². The molecule has 4 N–H and O–H groups in total. The minimum absolute atomic E-state index is 0. The fourth-order valence-electron chi connectivity index (χ4n) is 2.60. The van der Waals surface area contributed by atoms with Gasteiger partial charge in [0.1, 0.15) is 5.82 Å². The first-order valence-corrected chi connectivity index (χ1v) is 9.23. The maximum absolute atomic E-state index is 13.5. The number of nitrogens with zero attached hydrogens (tertiary/aromatic N) is 1. The molecule has 2 rings (SSSR count). The molecule has 2 aromatic rings. The number of hydrogen-bond donors (Lipinski definition) is 3. The molecule has 7 nitrogen and oxygen atoms in total. The number of halogens is 2. The summed E-state index contributed by atoms with van der Waals surface area (Å²) in [5, 5.41) is 5.63. The van der Waals surface area contributed by atoms with E-state index in [-0.39, 0.29) is 35.4 Å². The number of ether oxygens (including phenoxy) is 2. The first kappa shape index (κ1) is 25.5. The van der Waals surface area contributed by atoms with Crippen molar-refractivity contribution in [2.45, 2.75) is 13.3 Å². The van der Waals surface area contributed by atoms with E-state index in [1.165, 1.54) is 6.07 Å². The Morgan fingerprint density at radius 2 is 1.77 bits per heavy atom. The Hall–Kier alpha value is -2.56. The van der Waals surface area contributed by atoms with Gasteiger partial charge in [-0.05, 0) is 48.7 Å². The van der Waals surface area contributed by atoms with Gasteiger partial charge in [-0.1, -0.05) is 12.1 Å². The lowest BCUT2D eigenvalue weighted by Gasteiger charge is -2.09. The van der Waals surface area contributed by atoms with Gasteiger partial charge in [0, 0.05) is 25.2 Å². The van der Waals surface area contributed by atoms with Gasteiger partial charge >= 0.3 is 0 Å². The molecule has 30 heavy (non-hydrogen) atoms. The van der Waals surface area contributed by atoms with E-state index >= 15 is 0 Å². The van der Waals surface area contributed by atoms with Crippen LogP contribution in [0.15, 0.2) is 41.4 Å². The monoisotopic (exact) mass is 530 g/mol. The van der Waals surface area contributed by atoms with Crippen LogP contribution in [0.1, 0.15) is 21.5 Å². The fourth-order valence-corrected chi connectivity index (χ4v) is 2.60. The number of nitrogens with one attached hydrogen (secondary N) is 2. The highest BCUT2D eigenvalue weighted by Crippen LogP contribution is 2.27. The highest BCUT2D eigenvalue weighted by atomic mass is 127. The van der Waals surface area contributed by atoms with Crippen molar-refractivity contribution in [3.63, 3.8) is 0 Å². The van der Waals surface area contributed by atoms with Gasteiger partial charge in [0.15, 0.2) is 17.5 Å². The average molecular weight is 530 g/mol. The molecule has 2 aromatic carbocycles. The zero-order valence-corrected chi connectivity index (χ0v) is 19.7. The maximum Gasteiger partial charge on any atom is 0.251 e. The van der Waals surface area contributed by atoms with Crippen LogP contribution in [-0.2, 0) is 6.42 Å². The van der Waals surface area contributed by atoms with Crippen molar-refractivity contribution >= 4 is 35.8 Å². The Balaban J connectivity index is 0.00000450. The van der Waals surface area contributed by atoms with E-state index in [1.54, 1.807) is 33.3 Å². The second-order valence-electron chi connectivity index (χ2n) is 6.35. The van der Waals surface area contributed by atoms with Crippen LogP contribution < -0.4 is 25.8 Å². The van der Waals surface area contributed by atoms with Crippen molar-refractivity contribution in [2.24, 2.45) is 10.7 Å². The van der Waals surface area contributed by atoms with Crippen molar-refractivity contribution in [2.75, 3.05) is 33.9 Å². The smallest absolute Gasteiger partial charge is 0.251 e. The molecule has 0 saturated heterocycles. The van der Waals surface area contributed by atoms with E-state index in [1.807, 2.05) is 18.2 Å². The van der Waals surface area contributed by atoms with Gasteiger partial charge < -0.3 is 25.8 Å². The number of nitrogens with two attached hydrogens (primary N) is 1. The number of aliphatic imine (C=N–C) groups is 1. The van der Waals surface area contributed by atoms with Gasteiger partial charge in [0.25, 0.3) is 5.91 Å². The Kier molecular flexibility index (Phi) is 10.9. The third-order valence-corrected chi connectivity index (χ3v) is 4.28. The number of amides is 1. The minimum atomic E-state index is -0.401. The largest absolute Gasteiger partial charge is 0.493 e. The maximum atomic E-state index is 13.5. The van der Waals surface area contributed by atoms with Crippen LogP contribution >= 0.6 is 24.0 Å². The Bertz CT molecular complexity index is 877. The molecular weight excluding hydrogens is 502 g/mol. The highest BCUT2D eigenvalue weighted by molar-refractivity contribution is 14.0. The van der Waals surface area contributed by atoms with Gasteiger partial charge in [-0.3, -0.25) is 9.79 Å². The summed E-state index contributed by atoms with van der Waals surface area (Å²) in [6.07, 6.45) is 0.693. The van der Waals surface area contributed by atoms with Crippen molar-refractivity contribution in [3.05, 3.63) is 58.9 Å². The number of aryl methyl sites for hydroxylation is 1. The van der Waals surface area contributed by atoms with Gasteiger partial charge in [0.2, 0.25) is 0 Å². The molecule has 0 radical (unpaired) electrons. The summed E-state index contributed by atoms with van der Waals surface area (Å²) >= 11 is 0. The zero-order valence-electron chi connectivity index (χ0n) is 17.3. The number of guanidine groups is 1. The molecule has 0 heterocycles. The summed E-state index contributed by atoms with van der Waals surface area (Å²) in [6.45, 7) is 2.89. The number of carbonyl (C=O) groups excluding carboxylic acids is 1.